The quantitative estimate of drug-likeness (QED) is 0.850. The van der Waals surface area contributed by atoms with Crippen molar-refractivity contribution in [3.63, 3.8) is 0 Å². The number of aliphatic hydroxyl groups excluding tert-OH is 1. The third-order valence-electron chi connectivity index (χ3n) is 2.73. The smallest absolute Gasteiger partial charge is 0.0830 e. The minimum absolute atomic E-state index is 0.442. The van der Waals surface area contributed by atoms with Crippen LogP contribution in [0, 0.1) is 6.92 Å². The van der Waals surface area contributed by atoms with Gasteiger partial charge in [-0.2, -0.15) is 0 Å². The average molecular weight is 213 g/mol. The maximum atomic E-state index is 10.1. The molecule has 2 nitrogen and oxygen atoms in total. The van der Waals surface area contributed by atoms with E-state index in [2.05, 4.69) is 4.98 Å². The number of hydrogen-bond donors (Lipinski definition) is 1. The zero-order valence-corrected chi connectivity index (χ0v) is 9.30. The van der Waals surface area contributed by atoms with E-state index < -0.39 is 6.10 Å². The van der Waals surface area contributed by atoms with Crippen molar-refractivity contribution in [1.29, 1.82) is 0 Å². The fourth-order valence-corrected chi connectivity index (χ4v) is 1.73. The molecule has 0 aliphatic heterocycles. The Morgan fingerprint density at radius 2 is 1.94 bits per heavy atom. The lowest BCUT2D eigenvalue weighted by molar-refractivity contribution is 0.178. The van der Waals surface area contributed by atoms with Gasteiger partial charge in [0.05, 0.1) is 6.10 Å². The number of aryl methyl sites for hydroxylation is 1. The highest BCUT2D eigenvalue weighted by Crippen LogP contribution is 2.19. The maximum absolute atomic E-state index is 10.1. The van der Waals surface area contributed by atoms with Crippen molar-refractivity contribution in [2.24, 2.45) is 0 Å². The summed E-state index contributed by atoms with van der Waals surface area (Å²) in [6.07, 6.45) is 3.79. The van der Waals surface area contributed by atoms with Crippen LogP contribution in [0.2, 0.25) is 0 Å². The Hall–Kier alpha value is -1.67. The molecule has 0 radical (unpaired) electrons. The van der Waals surface area contributed by atoms with Gasteiger partial charge in [0.25, 0.3) is 0 Å². The molecule has 1 aromatic heterocycles. The fourth-order valence-electron chi connectivity index (χ4n) is 1.73. The van der Waals surface area contributed by atoms with Gasteiger partial charge >= 0.3 is 0 Å². The second-order valence-corrected chi connectivity index (χ2v) is 3.93. The van der Waals surface area contributed by atoms with Crippen LogP contribution in [0.25, 0.3) is 0 Å². The van der Waals surface area contributed by atoms with E-state index in [-0.39, 0.29) is 0 Å². The molecular formula is C14H15NO. The molecule has 0 aliphatic carbocycles. The van der Waals surface area contributed by atoms with Crippen molar-refractivity contribution in [2.45, 2.75) is 19.4 Å². The molecule has 0 bridgehead atoms. The zero-order valence-electron chi connectivity index (χ0n) is 9.30. The molecule has 0 saturated carbocycles. The molecule has 2 aromatic rings. The fraction of sp³-hybridized carbons (Fsp3) is 0.214. The number of pyridine rings is 1. The van der Waals surface area contributed by atoms with Gasteiger partial charge < -0.3 is 5.11 Å². The van der Waals surface area contributed by atoms with Crippen LogP contribution >= 0.6 is 0 Å². The van der Waals surface area contributed by atoms with Crippen molar-refractivity contribution in [3.05, 3.63) is 65.5 Å². The van der Waals surface area contributed by atoms with Crippen LogP contribution in [0.5, 0.6) is 0 Å². The van der Waals surface area contributed by atoms with Gasteiger partial charge in [0.2, 0.25) is 0 Å². The Kier molecular flexibility index (Phi) is 3.32. The monoisotopic (exact) mass is 213 g/mol. The van der Waals surface area contributed by atoms with Crippen molar-refractivity contribution < 1.29 is 5.11 Å². The summed E-state index contributed by atoms with van der Waals surface area (Å²) in [5, 5.41) is 10.1. The molecular weight excluding hydrogens is 198 g/mol. The van der Waals surface area contributed by atoms with E-state index in [1.54, 1.807) is 6.20 Å². The topological polar surface area (TPSA) is 33.1 Å². The summed E-state index contributed by atoms with van der Waals surface area (Å²) in [4.78, 5) is 4.04. The second kappa shape index (κ2) is 4.90. The van der Waals surface area contributed by atoms with Crippen LogP contribution in [0.4, 0.5) is 0 Å². The molecule has 2 heteroatoms. The Morgan fingerprint density at radius 1 is 1.19 bits per heavy atom. The Labute approximate surface area is 95.6 Å². The maximum Gasteiger partial charge on any atom is 0.0830 e. The molecule has 0 spiro atoms. The first kappa shape index (κ1) is 10.8. The minimum atomic E-state index is -0.442. The number of aromatic nitrogens is 1. The lowest BCUT2D eigenvalue weighted by Gasteiger charge is -2.12. The molecule has 82 valence electrons. The lowest BCUT2D eigenvalue weighted by atomic mass is 10.00. The molecule has 16 heavy (non-hydrogen) atoms. The van der Waals surface area contributed by atoms with Crippen LogP contribution in [-0.4, -0.2) is 10.1 Å². The van der Waals surface area contributed by atoms with E-state index in [9.17, 15) is 5.11 Å². The van der Waals surface area contributed by atoms with Crippen LogP contribution in [0.3, 0.4) is 0 Å². The molecule has 0 amide bonds. The highest BCUT2D eigenvalue weighted by Gasteiger charge is 2.09. The highest BCUT2D eigenvalue weighted by molar-refractivity contribution is 5.25. The summed E-state index contributed by atoms with van der Waals surface area (Å²) in [5.41, 5.74) is 3.22. The summed E-state index contributed by atoms with van der Waals surface area (Å²) in [6.45, 7) is 2.01. The highest BCUT2D eigenvalue weighted by atomic mass is 16.3. The Balaban J connectivity index is 2.14. The first-order valence-electron chi connectivity index (χ1n) is 5.40. The molecule has 1 unspecified atom stereocenters. The number of benzene rings is 1. The van der Waals surface area contributed by atoms with Gasteiger partial charge in [-0.15, -0.1) is 0 Å². The number of rotatable bonds is 3. The summed E-state index contributed by atoms with van der Waals surface area (Å²) < 4.78 is 0. The zero-order chi connectivity index (χ0) is 11.4. The standard InChI is InChI=1S/C14H15NO/c1-11-10-15-8-7-13(11)9-14(16)12-5-3-2-4-6-12/h2-8,10,14,16H,9H2,1H3. The third kappa shape index (κ3) is 2.47. The molecule has 0 fully saturated rings. The van der Waals surface area contributed by atoms with Gasteiger partial charge in [-0.05, 0) is 29.7 Å². The predicted octanol–water partition coefficient (Wildman–Crippen LogP) is 2.67. The van der Waals surface area contributed by atoms with E-state index in [0.717, 1.165) is 16.7 Å². The molecule has 1 heterocycles. The Morgan fingerprint density at radius 3 is 2.62 bits per heavy atom. The largest absolute Gasteiger partial charge is 0.388 e. The average Bonchev–Trinajstić information content (AvgIpc) is 2.33. The van der Waals surface area contributed by atoms with Gasteiger partial charge in [-0.25, -0.2) is 0 Å². The first-order valence-corrected chi connectivity index (χ1v) is 5.40. The normalized spacial score (nSPS) is 12.4. The molecule has 1 N–H and O–H groups in total. The summed E-state index contributed by atoms with van der Waals surface area (Å²) in [7, 11) is 0. The van der Waals surface area contributed by atoms with Crippen LogP contribution in [0.1, 0.15) is 22.8 Å². The lowest BCUT2D eigenvalue weighted by Crippen LogP contribution is -2.03. The molecule has 2 rings (SSSR count). The number of nitrogens with zero attached hydrogens (tertiary/aromatic N) is 1. The summed E-state index contributed by atoms with van der Waals surface area (Å²) in [5.74, 6) is 0. The number of aliphatic hydroxyl groups is 1. The van der Waals surface area contributed by atoms with Crippen LogP contribution in [0.15, 0.2) is 48.8 Å². The Bertz CT molecular complexity index is 453. The molecule has 0 saturated heterocycles. The van der Waals surface area contributed by atoms with Crippen molar-refractivity contribution in [3.8, 4) is 0 Å². The molecule has 1 aromatic carbocycles. The van der Waals surface area contributed by atoms with Crippen LogP contribution < -0.4 is 0 Å². The van der Waals surface area contributed by atoms with Gasteiger partial charge in [0.1, 0.15) is 0 Å². The number of hydrogen-bond acceptors (Lipinski definition) is 2. The summed E-state index contributed by atoms with van der Waals surface area (Å²) >= 11 is 0. The van der Waals surface area contributed by atoms with Gasteiger partial charge in [-0.1, -0.05) is 30.3 Å². The summed E-state index contributed by atoms with van der Waals surface area (Å²) in [6, 6.07) is 11.7. The minimum Gasteiger partial charge on any atom is -0.388 e. The van der Waals surface area contributed by atoms with Crippen LogP contribution in [-0.2, 0) is 6.42 Å². The third-order valence-corrected chi connectivity index (χ3v) is 2.73. The van der Waals surface area contributed by atoms with E-state index in [4.69, 9.17) is 0 Å². The molecule has 1 atom stereocenters. The van der Waals surface area contributed by atoms with E-state index >= 15 is 0 Å². The molecule has 0 aliphatic rings. The van der Waals surface area contributed by atoms with Crippen molar-refractivity contribution in [1.82, 2.24) is 4.98 Å². The van der Waals surface area contributed by atoms with Gasteiger partial charge in [0, 0.05) is 18.8 Å². The van der Waals surface area contributed by atoms with E-state index in [1.165, 1.54) is 0 Å². The predicted molar refractivity (Wildman–Crippen MR) is 64.1 cm³/mol. The van der Waals surface area contributed by atoms with Crippen molar-refractivity contribution >= 4 is 0 Å². The van der Waals surface area contributed by atoms with Crippen molar-refractivity contribution in [2.75, 3.05) is 0 Å². The SMILES string of the molecule is Cc1cnccc1CC(O)c1ccccc1. The second-order valence-electron chi connectivity index (χ2n) is 3.93. The van der Waals surface area contributed by atoms with E-state index in [0.29, 0.717) is 6.42 Å². The van der Waals surface area contributed by atoms with E-state index in [1.807, 2.05) is 49.5 Å². The van der Waals surface area contributed by atoms with Gasteiger partial charge in [0.15, 0.2) is 0 Å². The first-order chi connectivity index (χ1) is 7.77. The van der Waals surface area contributed by atoms with Gasteiger partial charge in [-0.3, -0.25) is 4.98 Å².